The van der Waals surface area contributed by atoms with Crippen molar-refractivity contribution in [2.24, 2.45) is 0 Å². The molecule has 2 aromatic rings. The van der Waals surface area contributed by atoms with Gasteiger partial charge in [0.1, 0.15) is 0 Å². The van der Waals surface area contributed by atoms with Gasteiger partial charge in [0.25, 0.3) is 5.19 Å². The van der Waals surface area contributed by atoms with E-state index in [1.54, 1.807) is 5.38 Å². The van der Waals surface area contributed by atoms with Crippen LogP contribution in [0.5, 0.6) is 5.19 Å². The molecule has 1 N–H and O–H groups in total. The van der Waals surface area contributed by atoms with Crippen molar-refractivity contribution < 1.29 is 19.4 Å². The Morgan fingerprint density at radius 3 is 2.61 bits per heavy atom. The first kappa shape index (κ1) is 14.6. The van der Waals surface area contributed by atoms with E-state index in [1.165, 1.54) is 41.8 Å². The third-order valence-corrected chi connectivity index (χ3v) is 2.58. The highest BCUT2D eigenvalue weighted by Crippen LogP contribution is 2.16. The second-order valence-electron chi connectivity index (χ2n) is 3.07. The second-order valence-corrected chi connectivity index (χ2v) is 3.93. The topological polar surface area (TPSA) is 76.5 Å². The summed E-state index contributed by atoms with van der Waals surface area (Å²) in [5.74, 6) is -1.71. The van der Waals surface area contributed by atoms with Crippen molar-refractivity contribution in [1.29, 1.82) is 0 Å². The summed E-state index contributed by atoms with van der Waals surface area (Å²) in [6.07, 6.45) is 1.51. The number of esters is 1. The van der Waals surface area contributed by atoms with Gasteiger partial charge in [0.2, 0.25) is 0 Å². The molecule has 0 aliphatic rings. The van der Waals surface area contributed by atoms with Crippen LogP contribution in [0.15, 0.2) is 35.8 Å². The van der Waals surface area contributed by atoms with Gasteiger partial charge in [0.15, 0.2) is 0 Å². The smallest absolute Gasteiger partial charge is 0.345 e. The molecule has 0 saturated carbocycles. The zero-order valence-electron chi connectivity index (χ0n) is 8.49. The molecule has 1 aromatic heterocycles. The molecule has 0 aliphatic carbocycles. The lowest BCUT2D eigenvalue weighted by atomic mass is 10.1. The van der Waals surface area contributed by atoms with Crippen LogP contribution >= 0.6 is 11.3 Å². The van der Waals surface area contributed by atoms with Crippen molar-refractivity contribution >= 4 is 46.3 Å². The summed E-state index contributed by atoms with van der Waals surface area (Å²) in [6.45, 7) is 0. The summed E-state index contributed by atoms with van der Waals surface area (Å²) in [5, 5.41) is 10.7. The SMILES string of the molecule is O=C(O)c1cccc(C(=O)Oc2nccs2)c1.[MgH2]. The van der Waals surface area contributed by atoms with Gasteiger partial charge in [0.05, 0.1) is 11.1 Å². The van der Waals surface area contributed by atoms with E-state index in [0.717, 1.165) is 0 Å². The van der Waals surface area contributed by atoms with E-state index in [4.69, 9.17) is 9.84 Å². The van der Waals surface area contributed by atoms with Crippen molar-refractivity contribution in [3.8, 4) is 5.19 Å². The van der Waals surface area contributed by atoms with Crippen LogP contribution in [0.25, 0.3) is 0 Å². The van der Waals surface area contributed by atoms with Crippen molar-refractivity contribution in [3.05, 3.63) is 47.0 Å². The molecule has 0 atom stereocenters. The summed E-state index contributed by atoms with van der Waals surface area (Å²) in [4.78, 5) is 26.2. The molecule has 90 valence electrons. The number of carboxylic acids is 1. The van der Waals surface area contributed by atoms with Gasteiger partial charge in [-0.05, 0) is 18.2 Å². The van der Waals surface area contributed by atoms with Crippen molar-refractivity contribution in [3.63, 3.8) is 0 Å². The molecular formula is C11H9MgNO4S. The van der Waals surface area contributed by atoms with Gasteiger partial charge in [-0.2, -0.15) is 0 Å². The Morgan fingerprint density at radius 1 is 1.28 bits per heavy atom. The number of rotatable bonds is 3. The summed E-state index contributed by atoms with van der Waals surface area (Å²) in [6, 6.07) is 5.64. The Bertz CT molecular complexity index is 556. The molecule has 18 heavy (non-hydrogen) atoms. The van der Waals surface area contributed by atoms with Crippen LogP contribution in [0.1, 0.15) is 20.7 Å². The third kappa shape index (κ3) is 3.52. The number of aromatic nitrogens is 1. The van der Waals surface area contributed by atoms with E-state index in [0.29, 0.717) is 0 Å². The Labute approximate surface area is 123 Å². The first-order valence-electron chi connectivity index (χ1n) is 4.62. The summed E-state index contributed by atoms with van der Waals surface area (Å²) < 4.78 is 4.95. The highest BCUT2D eigenvalue weighted by molar-refractivity contribution is 7.11. The monoisotopic (exact) mass is 275 g/mol. The van der Waals surface area contributed by atoms with E-state index in [2.05, 4.69) is 4.98 Å². The molecule has 2 rings (SSSR count). The third-order valence-electron chi connectivity index (χ3n) is 1.93. The van der Waals surface area contributed by atoms with Crippen molar-refractivity contribution in [2.45, 2.75) is 0 Å². The number of nitrogens with zero attached hydrogens (tertiary/aromatic N) is 1. The van der Waals surface area contributed by atoms with E-state index in [9.17, 15) is 9.59 Å². The van der Waals surface area contributed by atoms with Crippen LogP contribution < -0.4 is 4.74 Å². The van der Waals surface area contributed by atoms with Crippen LogP contribution in [0.4, 0.5) is 0 Å². The minimum absolute atomic E-state index is 0. The molecule has 0 bridgehead atoms. The van der Waals surface area contributed by atoms with Crippen molar-refractivity contribution in [1.82, 2.24) is 4.98 Å². The molecule has 0 unspecified atom stereocenters. The number of thiazole rings is 1. The Morgan fingerprint density at radius 2 is 2.00 bits per heavy atom. The number of carbonyl (C=O) groups is 2. The van der Waals surface area contributed by atoms with Crippen LogP contribution in [0, 0.1) is 0 Å². The molecule has 0 amide bonds. The maximum absolute atomic E-state index is 11.6. The van der Waals surface area contributed by atoms with E-state index >= 15 is 0 Å². The van der Waals surface area contributed by atoms with Crippen LogP contribution in [-0.2, 0) is 0 Å². The fraction of sp³-hybridized carbons (Fsp3) is 0. The van der Waals surface area contributed by atoms with E-state index in [-0.39, 0.29) is 39.4 Å². The quantitative estimate of drug-likeness (QED) is 0.671. The summed E-state index contributed by atoms with van der Waals surface area (Å²) >= 11 is 1.19. The molecule has 0 saturated heterocycles. The lowest BCUT2D eigenvalue weighted by Crippen LogP contribution is -2.09. The zero-order valence-corrected chi connectivity index (χ0v) is 9.31. The molecule has 0 radical (unpaired) electrons. The molecule has 0 spiro atoms. The van der Waals surface area contributed by atoms with Crippen LogP contribution in [-0.4, -0.2) is 45.1 Å². The summed E-state index contributed by atoms with van der Waals surface area (Å²) in [7, 11) is 0. The van der Waals surface area contributed by atoms with Crippen LogP contribution in [0.3, 0.4) is 0 Å². The number of aromatic carboxylic acids is 1. The van der Waals surface area contributed by atoms with Gasteiger partial charge in [-0.1, -0.05) is 17.4 Å². The predicted molar refractivity (Wildman–Crippen MR) is 69.0 cm³/mol. The molecular weight excluding hydrogens is 266 g/mol. The molecule has 5 nitrogen and oxygen atoms in total. The maximum atomic E-state index is 11.6. The number of benzene rings is 1. The van der Waals surface area contributed by atoms with Gasteiger partial charge >= 0.3 is 35.0 Å². The highest BCUT2D eigenvalue weighted by Gasteiger charge is 2.12. The lowest BCUT2D eigenvalue weighted by Gasteiger charge is -2.01. The molecule has 1 aromatic carbocycles. The fourth-order valence-electron chi connectivity index (χ4n) is 1.18. The average Bonchev–Trinajstić information content (AvgIpc) is 2.82. The minimum Gasteiger partial charge on any atom is -0.478 e. The Balaban J connectivity index is 0.00000162. The molecule has 1 heterocycles. The largest absolute Gasteiger partial charge is 0.478 e. The second kappa shape index (κ2) is 6.48. The fourth-order valence-corrected chi connectivity index (χ4v) is 1.66. The Kier molecular flexibility index (Phi) is 5.26. The van der Waals surface area contributed by atoms with Crippen molar-refractivity contribution in [2.75, 3.05) is 0 Å². The number of carbonyl (C=O) groups excluding carboxylic acids is 1. The highest BCUT2D eigenvalue weighted by atomic mass is 32.1. The standard InChI is InChI=1S/C11H7NO4S.Mg.2H/c13-9(14)7-2-1-3-8(6-7)10(15)16-11-12-4-5-17-11;;;/h1-6H,(H,13,14);;;. The van der Waals surface area contributed by atoms with Crippen LogP contribution in [0.2, 0.25) is 0 Å². The minimum atomic E-state index is -1.09. The van der Waals surface area contributed by atoms with Gasteiger partial charge in [-0.15, -0.1) is 0 Å². The Hall–Kier alpha value is -1.44. The average molecular weight is 276 g/mol. The number of hydrogen-bond acceptors (Lipinski definition) is 5. The summed E-state index contributed by atoms with van der Waals surface area (Å²) in [5.41, 5.74) is 0.221. The molecule has 7 heteroatoms. The lowest BCUT2D eigenvalue weighted by molar-refractivity contribution is 0.0697. The normalized spacial score (nSPS) is 9.33. The number of hydrogen-bond donors (Lipinski definition) is 1. The van der Waals surface area contributed by atoms with Gasteiger partial charge in [0, 0.05) is 11.6 Å². The maximum Gasteiger partial charge on any atom is 0.345 e. The first-order chi connectivity index (χ1) is 8.16. The van der Waals surface area contributed by atoms with E-state index in [1.807, 2.05) is 0 Å². The van der Waals surface area contributed by atoms with Gasteiger partial charge < -0.3 is 9.84 Å². The molecule has 0 aliphatic heterocycles. The number of ether oxygens (including phenoxy) is 1. The predicted octanol–water partition coefficient (Wildman–Crippen LogP) is 1.14. The van der Waals surface area contributed by atoms with Gasteiger partial charge in [-0.25, -0.2) is 14.6 Å². The zero-order chi connectivity index (χ0) is 12.3. The van der Waals surface area contributed by atoms with Gasteiger partial charge in [-0.3, -0.25) is 0 Å². The van der Waals surface area contributed by atoms with E-state index < -0.39 is 11.9 Å². The first-order valence-corrected chi connectivity index (χ1v) is 5.50. The molecule has 0 fully saturated rings. The number of carboxylic acid groups (broad SMARTS) is 1.